The highest BCUT2D eigenvalue weighted by atomic mass is 16.4. The van der Waals surface area contributed by atoms with E-state index in [1.165, 1.54) is 11.1 Å². The van der Waals surface area contributed by atoms with E-state index >= 15 is 0 Å². The number of aliphatic carboxylic acids is 1. The number of carboxylic acids is 1. The van der Waals surface area contributed by atoms with Crippen molar-refractivity contribution >= 4 is 23.4 Å². The van der Waals surface area contributed by atoms with E-state index in [1.807, 2.05) is 6.07 Å². The van der Waals surface area contributed by atoms with Crippen molar-refractivity contribution in [3.8, 4) is 0 Å². The Morgan fingerprint density at radius 3 is 2.25 bits per heavy atom. The average molecular weight is 383 g/mol. The van der Waals surface area contributed by atoms with Crippen LogP contribution in [-0.4, -0.2) is 34.1 Å². The van der Waals surface area contributed by atoms with Crippen LogP contribution in [0.2, 0.25) is 0 Å². The number of hydrogen-bond donors (Lipinski definition) is 2. The molecule has 2 heterocycles. The smallest absolute Gasteiger partial charge is 0.306 e. The fraction of sp³-hybridized carbons (Fsp3) is 0.500. The van der Waals surface area contributed by atoms with Gasteiger partial charge in [0.2, 0.25) is 5.95 Å². The van der Waals surface area contributed by atoms with Gasteiger partial charge < -0.3 is 15.3 Å². The quantitative estimate of drug-likeness (QED) is 0.749. The molecule has 6 nitrogen and oxygen atoms in total. The Hall–Kier alpha value is -2.63. The molecule has 1 aromatic carbocycles. The van der Waals surface area contributed by atoms with E-state index < -0.39 is 5.97 Å². The number of benzene rings is 1. The first-order valence-corrected chi connectivity index (χ1v) is 10.1. The molecule has 0 amide bonds. The molecule has 1 aromatic heterocycles. The predicted octanol–water partition coefficient (Wildman–Crippen LogP) is 4.77. The molecule has 2 aromatic rings. The van der Waals surface area contributed by atoms with Gasteiger partial charge in [0.1, 0.15) is 5.82 Å². The van der Waals surface area contributed by atoms with Gasteiger partial charge in [-0.1, -0.05) is 45.9 Å². The Labute approximate surface area is 167 Å². The van der Waals surface area contributed by atoms with E-state index in [4.69, 9.17) is 4.98 Å². The van der Waals surface area contributed by atoms with Crippen LogP contribution in [0.1, 0.15) is 63.5 Å². The van der Waals surface area contributed by atoms with Crippen LogP contribution in [0.15, 0.2) is 30.5 Å². The highest BCUT2D eigenvalue weighted by Crippen LogP contribution is 2.34. The van der Waals surface area contributed by atoms with Gasteiger partial charge in [0.15, 0.2) is 0 Å². The predicted molar refractivity (Wildman–Crippen MR) is 113 cm³/mol. The Morgan fingerprint density at radius 1 is 1.11 bits per heavy atom. The van der Waals surface area contributed by atoms with Gasteiger partial charge in [0.25, 0.3) is 0 Å². The van der Waals surface area contributed by atoms with Crippen molar-refractivity contribution in [3.05, 3.63) is 41.6 Å². The van der Waals surface area contributed by atoms with Gasteiger partial charge in [0, 0.05) is 25.0 Å². The van der Waals surface area contributed by atoms with Gasteiger partial charge in [-0.15, -0.1) is 0 Å². The molecular formula is C22H30N4O2. The van der Waals surface area contributed by atoms with E-state index in [1.54, 1.807) is 6.20 Å². The number of rotatable bonds is 6. The normalized spacial score (nSPS) is 15.3. The lowest BCUT2D eigenvalue weighted by Crippen LogP contribution is -2.36. The molecule has 6 heteroatoms. The van der Waals surface area contributed by atoms with E-state index in [-0.39, 0.29) is 5.92 Å². The van der Waals surface area contributed by atoms with Crippen molar-refractivity contribution in [2.75, 3.05) is 23.3 Å². The van der Waals surface area contributed by atoms with Crippen LogP contribution in [-0.2, 0) is 4.79 Å². The van der Waals surface area contributed by atoms with Crippen LogP contribution in [0, 0.1) is 5.92 Å². The average Bonchev–Trinajstić information content (AvgIpc) is 2.68. The molecule has 2 N–H and O–H groups in total. The summed E-state index contributed by atoms with van der Waals surface area (Å²) in [5.74, 6) is 1.25. The lowest BCUT2D eigenvalue weighted by Gasteiger charge is -2.31. The summed E-state index contributed by atoms with van der Waals surface area (Å²) in [5.41, 5.74) is 3.60. The number of piperidine rings is 1. The lowest BCUT2D eigenvalue weighted by atomic mass is 9.93. The largest absolute Gasteiger partial charge is 0.481 e. The van der Waals surface area contributed by atoms with E-state index in [2.05, 4.69) is 61.1 Å². The molecule has 1 saturated heterocycles. The summed E-state index contributed by atoms with van der Waals surface area (Å²) in [7, 11) is 0. The van der Waals surface area contributed by atoms with Crippen molar-refractivity contribution in [1.82, 2.24) is 9.97 Å². The maximum absolute atomic E-state index is 11.2. The third-order valence-electron chi connectivity index (χ3n) is 5.42. The molecule has 0 unspecified atom stereocenters. The maximum Gasteiger partial charge on any atom is 0.306 e. The van der Waals surface area contributed by atoms with Crippen LogP contribution in [0.4, 0.5) is 17.5 Å². The number of nitrogens with zero attached hydrogens (tertiary/aromatic N) is 3. The van der Waals surface area contributed by atoms with Gasteiger partial charge in [-0.05, 0) is 41.9 Å². The van der Waals surface area contributed by atoms with Crippen molar-refractivity contribution < 1.29 is 9.90 Å². The van der Waals surface area contributed by atoms with E-state index in [0.29, 0.717) is 43.7 Å². The Kier molecular flexibility index (Phi) is 6.17. The molecule has 0 radical (unpaired) electrons. The summed E-state index contributed by atoms with van der Waals surface area (Å²) in [4.78, 5) is 22.5. The molecule has 0 bridgehead atoms. The highest BCUT2D eigenvalue weighted by Gasteiger charge is 2.25. The minimum atomic E-state index is -0.698. The zero-order valence-electron chi connectivity index (χ0n) is 17.1. The second kappa shape index (κ2) is 8.59. The summed E-state index contributed by atoms with van der Waals surface area (Å²) < 4.78 is 0. The number of nitrogens with one attached hydrogen (secondary N) is 1. The molecule has 0 aliphatic carbocycles. The van der Waals surface area contributed by atoms with Gasteiger partial charge in [-0.2, -0.15) is 4.98 Å². The SMILES string of the molecule is CC(C)c1cccc(C(C)C)c1Nc1nccc(N2CCC(C(=O)O)CC2)n1. The Balaban J connectivity index is 1.84. The summed E-state index contributed by atoms with van der Waals surface area (Å²) in [6.07, 6.45) is 3.06. The minimum absolute atomic E-state index is 0.248. The monoisotopic (exact) mass is 382 g/mol. The molecule has 1 aliphatic rings. The summed E-state index contributed by atoms with van der Waals surface area (Å²) >= 11 is 0. The maximum atomic E-state index is 11.2. The molecular weight excluding hydrogens is 352 g/mol. The van der Waals surface area contributed by atoms with E-state index in [0.717, 1.165) is 11.5 Å². The lowest BCUT2D eigenvalue weighted by molar-refractivity contribution is -0.142. The molecule has 3 rings (SSSR count). The van der Waals surface area contributed by atoms with E-state index in [9.17, 15) is 9.90 Å². The standard InChI is InChI=1S/C22H30N4O2/c1-14(2)17-6-5-7-18(15(3)4)20(17)25-22-23-11-8-19(24-22)26-12-9-16(10-13-26)21(27)28/h5-8,11,14-16H,9-10,12-13H2,1-4H3,(H,27,28)(H,23,24,25). The molecule has 150 valence electrons. The number of carboxylic acid groups (broad SMARTS) is 1. The van der Waals surface area contributed by atoms with Crippen LogP contribution < -0.4 is 10.2 Å². The van der Waals surface area contributed by atoms with Crippen molar-refractivity contribution in [3.63, 3.8) is 0 Å². The molecule has 0 spiro atoms. The first kappa shape index (κ1) is 20.1. The molecule has 1 aliphatic heterocycles. The van der Waals surface area contributed by atoms with Gasteiger partial charge in [-0.3, -0.25) is 4.79 Å². The first-order chi connectivity index (χ1) is 13.4. The van der Waals surface area contributed by atoms with Crippen molar-refractivity contribution in [2.24, 2.45) is 5.92 Å². The number of aromatic nitrogens is 2. The van der Waals surface area contributed by atoms with Gasteiger partial charge >= 0.3 is 5.97 Å². The Bertz CT molecular complexity index is 801. The zero-order valence-corrected chi connectivity index (χ0v) is 17.1. The summed E-state index contributed by atoms with van der Waals surface area (Å²) in [5, 5.41) is 12.7. The zero-order chi connectivity index (χ0) is 20.3. The minimum Gasteiger partial charge on any atom is -0.481 e. The number of para-hydroxylation sites is 1. The number of anilines is 3. The molecule has 0 saturated carbocycles. The Morgan fingerprint density at radius 2 is 1.71 bits per heavy atom. The van der Waals surface area contributed by atoms with Crippen LogP contribution in [0.3, 0.4) is 0 Å². The molecule has 28 heavy (non-hydrogen) atoms. The number of carbonyl (C=O) groups is 1. The molecule has 1 fully saturated rings. The van der Waals surface area contributed by atoms with Crippen LogP contribution in [0.5, 0.6) is 0 Å². The van der Waals surface area contributed by atoms with Crippen LogP contribution >= 0.6 is 0 Å². The fourth-order valence-electron chi connectivity index (χ4n) is 3.75. The summed E-state index contributed by atoms with van der Waals surface area (Å²) in [6, 6.07) is 8.31. The fourth-order valence-corrected chi connectivity index (χ4v) is 3.75. The third-order valence-corrected chi connectivity index (χ3v) is 5.42. The third kappa shape index (κ3) is 4.43. The van der Waals surface area contributed by atoms with Crippen molar-refractivity contribution in [1.29, 1.82) is 0 Å². The van der Waals surface area contributed by atoms with Gasteiger partial charge in [-0.25, -0.2) is 4.98 Å². The highest BCUT2D eigenvalue weighted by molar-refractivity contribution is 5.70. The summed E-state index contributed by atoms with van der Waals surface area (Å²) in [6.45, 7) is 10.2. The first-order valence-electron chi connectivity index (χ1n) is 10.1. The van der Waals surface area contributed by atoms with Crippen LogP contribution in [0.25, 0.3) is 0 Å². The van der Waals surface area contributed by atoms with Crippen molar-refractivity contribution in [2.45, 2.75) is 52.4 Å². The number of hydrogen-bond acceptors (Lipinski definition) is 5. The second-order valence-corrected chi connectivity index (χ2v) is 8.08. The topological polar surface area (TPSA) is 78.4 Å². The van der Waals surface area contributed by atoms with Gasteiger partial charge in [0.05, 0.1) is 5.92 Å². The second-order valence-electron chi connectivity index (χ2n) is 8.08. The molecule has 0 atom stereocenters.